The predicted molar refractivity (Wildman–Crippen MR) is 36.9 cm³/mol. The van der Waals surface area contributed by atoms with E-state index in [4.69, 9.17) is 0 Å². The molecular formula is C7H8N2O. The number of carbonyl (C=O) groups excluding carboxylic acids is 1. The number of nitrogens with zero attached hydrogens (tertiary/aromatic N) is 1. The van der Waals surface area contributed by atoms with Gasteiger partial charge in [0.05, 0.1) is 0 Å². The first-order valence-corrected chi connectivity index (χ1v) is 3.32. The number of hydrogen-bond acceptors (Lipinski definition) is 1. The summed E-state index contributed by atoms with van der Waals surface area (Å²) in [5.74, 6) is 0. The largest absolute Gasteiger partial charge is 0.337 e. The van der Waals surface area contributed by atoms with E-state index in [0.29, 0.717) is 0 Å². The fraction of sp³-hybridized carbons (Fsp3) is 0.286. The Labute approximate surface area is 58.7 Å². The minimum atomic E-state index is -0.00810. The number of aromatic nitrogens is 1. The van der Waals surface area contributed by atoms with Crippen LogP contribution in [0.3, 0.4) is 0 Å². The molecule has 0 aromatic carbocycles. The van der Waals surface area contributed by atoms with Crippen molar-refractivity contribution in [2.45, 2.75) is 6.42 Å². The highest BCUT2D eigenvalue weighted by Gasteiger charge is 2.12. The second-order valence-electron chi connectivity index (χ2n) is 2.35. The molecular weight excluding hydrogens is 128 g/mol. The first kappa shape index (κ1) is 5.53. The molecule has 2 rings (SSSR count). The smallest absolute Gasteiger partial charge is 0.325 e. The van der Waals surface area contributed by atoms with Crippen molar-refractivity contribution in [2.75, 3.05) is 6.54 Å². The van der Waals surface area contributed by atoms with Crippen LogP contribution in [0, 0.1) is 0 Å². The van der Waals surface area contributed by atoms with Crippen LogP contribution in [0.25, 0.3) is 0 Å². The van der Waals surface area contributed by atoms with Gasteiger partial charge in [0.15, 0.2) is 0 Å². The van der Waals surface area contributed by atoms with Crippen LogP contribution in [0.1, 0.15) is 5.69 Å². The Morgan fingerprint density at radius 2 is 2.50 bits per heavy atom. The number of hydrogen-bond donors (Lipinski definition) is 1. The summed E-state index contributed by atoms with van der Waals surface area (Å²) in [6.45, 7) is 0.767. The molecule has 1 aromatic rings. The van der Waals surface area contributed by atoms with E-state index in [9.17, 15) is 4.79 Å². The van der Waals surface area contributed by atoms with Crippen LogP contribution in [-0.4, -0.2) is 17.1 Å². The van der Waals surface area contributed by atoms with Crippen LogP contribution < -0.4 is 5.32 Å². The summed E-state index contributed by atoms with van der Waals surface area (Å²) in [6, 6.07) is 3.85. The van der Waals surface area contributed by atoms with Gasteiger partial charge in [-0.25, -0.2) is 4.79 Å². The third kappa shape index (κ3) is 0.635. The number of amides is 1. The minimum Gasteiger partial charge on any atom is -0.337 e. The van der Waals surface area contributed by atoms with Gasteiger partial charge in [-0.3, -0.25) is 4.57 Å². The average molecular weight is 136 g/mol. The van der Waals surface area contributed by atoms with E-state index < -0.39 is 0 Å². The maximum absolute atomic E-state index is 11.0. The van der Waals surface area contributed by atoms with Gasteiger partial charge in [-0.2, -0.15) is 0 Å². The molecule has 1 aliphatic rings. The molecule has 3 heteroatoms. The van der Waals surface area contributed by atoms with E-state index in [1.165, 1.54) is 0 Å². The number of rotatable bonds is 0. The third-order valence-corrected chi connectivity index (χ3v) is 1.71. The van der Waals surface area contributed by atoms with Crippen molar-refractivity contribution in [1.29, 1.82) is 0 Å². The second-order valence-corrected chi connectivity index (χ2v) is 2.35. The van der Waals surface area contributed by atoms with Crippen LogP contribution in [0.2, 0.25) is 0 Å². The Kier molecular flexibility index (Phi) is 1.03. The maximum atomic E-state index is 11.0. The van der Waals surface area contributed by atoms with Crippen molar-refractivity contribution in [2.24, 2.45) is 0 Å². The van der Waals surface area contributed by atoms with E-state index >= 15 is 0 Å². The highest BCUT2D eigenvalue weighted by Crippen LogP contribution is 2.05. The molecule has 0 aliphatic carbocycles. The molecule has 0 unspecified atom stereocenters. The predicted octanol–water partition coefficient (Wildman–Crippen LogP) is 0.602. The van der Waals surface area contributed by atoms with Crippen molar-refractivity contribution in [1.82, 2.24) is 9.88 Å². The van der Waals surface area contributed by atoms with Crippen molar-refractivity contribution in [3.8, 4) is 0 Å². The molecule has 0 spiro atoms. The molecule has 0 fully saturated rings. The molecule has 1 aromatic heterocycles. The van der Waals surface area contributed by atoms with E-state index in [0.717, 1.165) is 18.7 Å². The van der Waals surface area contributed by atoms with Gasteiger partial charge in [-0.1, -0.05) is 0 Å². The molecule has 10 heavy (non-hydrogen) atoms. The highest BCUT2D eigenvalue weighted by atomic mass is 16.2. The summed E-state index contributed by atoms with van der Waals surface area (Å²) in [7, 11) is 0. The zero-order valence-electron chi connectivity index (χ0n) is 5.50. The fourth-order valence-corrected chi connectivity index (χ4v) is 1.20. The van der Waals surface area contributed by atoms with Gasteiger partial charge in [0, 0.05) is 24.9 Å². The van der Waals surface area contributed by atoms with E-state index in [2.05, 4.69) is 5.32 Å². The molecule has 52 valence electrons. The molecule has 3 nitrogen and oxygen atoms in total. The van der Waals surface area contributed by atoms with Gasteiger partial charge < -0.3 is 5.32 Å². The Bertz CT molecular complexity index is 264. The molecule has 0 saturated heterocycles. The molecule has 0 saturated carbocycles. The topological polar surface area (TPSA) is 34.0 Å². The quantitative estimate of drug-likeness (QED) is 0.556. The van der Waals surface area contributed by atoms with Gasteiger partial charge in [0.1, 0.15) is 0 Å². The van der Waals surface area contributed by atoms with Crippen LogP contribution >= 0.6 is 0 Å². The fourth-order valence-electron chi connectivity index (χ4n) is 1.20. The highest BCUT2D eigenvalue weighted by molar-refractivity contribution is 5.78. The van der Waals surface area contributed by atoms with Crippen molar-refractivity contribution in [3.05, 3.63) is 24.0 Å². The third-order valence-electron chi connectivity index (χ3n) is 1.71. The lowest BCUT2D eigenvalue weighted by Gasteiger charge is -2.14. The zero-order valence-corrected chi connectivity index (χ0v) is 5.50. The molecule has 0 bridgehead atoms. The summed E-state index contributed by atoms with van der Waals surface area (Å²) in [6.07, 6.45) is 2.72. The van der Waals surface area contributed by atoms with Gasteiger partial charge >= 0.3 is 6.03 Å². The lowest BCUT2D eigenvalue weighted by atomic mass is 10.3. The van der Waals surface area contributed by atoms with Gasteiger partial charge in [-0.15, -0.1) is 0 Å². The minimum absolute atomic E-state index is 0.00810. The Morgan fingerprint density at radius 3 is 3.30 bits per heavy atom. The standard InChI is InChI=1S/C7H8N2O/c10-7-8-4-3-6-2-1-5-9(6)7/h1-2,5H,3-4H2,(H,8,10). The number of fused-ring (bicyclic) bond motifs is 1. The van der Waals surface area contributed by atoms with Crippen molar-refractivity contribution < 1.29 is 4.79 Å². The van der Waals surface area contributed by atoms with Crippen LogP contribution in [-0.2, 0) is 6.42 Å². The first-order chi connectivity index (χ1) is 4.88. The van der Waals surface area contributed by atoms with Crippen LogP contribution in [0.15, 0.2) is 18.3 Å². The van der Waals surface area contributed by atoms with E-state index in [1.807, 2.05) is 12.1 Å². The molecule has 0 atom stereocenters. The van der Waals surface area contributed by atoms with Crippen molar-refractivity contribution >= 4 is 6.03 Å². The normalized spacial score (nSPS) is 16.2. The first-order valence-electron chi connectivity index (χ1n) is 3.32. The molecule has 0 radical (unpaired) electrons. The molecule has 1 amide bonds. The molecule has 2 heterocycles. The van der Waals surface area contributed by atoms with Gasteiger partial charge in [0.2, 0.25) is 0 Å². The molecule has 1 aliphatic heterocycles. The van der Waals surface area contributed by atoms with E-state index in [1.54, 1.807) is 10.8 Å². The van der Waals surface area contributed by atoms with E-state index in [-0.39, 0.29) is 6.03 Å². The Balaban J connectivity index is 2.50. The Morgan fingerprint density at radius 1 is 1.60 bits per heavy atom. The lowest BCUT2D eigenvalue weighted by Crippen LogP contribution is -2.35. The second kappa shape index (κ2) is 1.87. The Hall–Kier alpha value is -1.25. The summed E-state index contributed by atoms with van der Waals surface area (Å²) >= 11 is 0. The number of nitrogens with one attached hydrogen (secondary N) is 1. The summed E-state index contributed by atoms with van der Waals surface area (Å²) in [4.78, 5) is 11.0. The monoisotopic (exact) mass is 136 g/mol. The SMILES string of the molecule is O=C1NCCc2cccn21. The maximum Gasteiger partial charge on any atom is 0.325 e. The zero-order chi connectivity index (χ0) is 6.97. The summed E-state index contributed by atoms with van der Waals surface area (Å²) in [5, 5.41) is 2.75. The van der Waals surface area contributed by atoms with Crippen LogP contribution in [0.4, 0.5) is 4.79 Å². The summed E-state index contributed by atoms with van der Waals surface area (Å²) in [5.41, 5.74) is 1.10. The van der Waals surface area contributed by atoms with Gasteiger partial charge in [-0.05, 0) is 12.1 Å². The molecule has 1 N–H and O–H groups in total. The average Bonchev–Trinajstić information content (AvgIpc) is 2.36. The van der Waals surface area contributed by atoms with Gasteiger partial charge in [0.25, 0.3) is 0 Å². The summed E-state index contributed by atoms with van der Waals surface area (Å²) < 4.78 is 1.64. The lowest BCUT2D eigenvalue weighted by molar-refractivity contribution is 0.239. The van der Waals surface area contributed by atoms with Crippen LogP contribution in [0.5, 0.6) is 0 Å². The van der Waals surface area contributed by atoms with Crippen molar-refractivity contribution in [3.63, 3.8) is 0 Å². The number of carbonyl (C=O) groups is 1.